The normalized spacial score (nSPS) is 23.5. The molecule has 1 heterocycles. The van der Waals surface area contributed by atoms with Gasteiger partial charge in [-0.1, -0.05) is 0 Å². The van der Waals surface area contributed by atoms with E-state index in [2.05, 4.69) is 0 Å². The lowest BCUT2D eigenvalue weighted by molar-refractivity contribution is -0.130. The Morgan fingerprint density at radius 1 is 1.67 bits per heavy atom. The molecular formula is C5H7BINO2S2. The van der Waals surface area contributed by atoms with E-state index in [0.717, 1.165) is 5.84 Å². The van der Waals surface area contributed by atoms with Crippen LogP contribution in [0.3, 0.4) is 0 Å². The highest BCUT2D eigenvalue weighted by molar-refractivity contribution is 14.1. The first-order valence-electron chi connectivity index (χ1n) is 3.30. The number of carbonyl (C=O) groups is 2. The maximum absolute atomic E-state index is 11.3. The van der Waals surface area contributed by atoms with Crippen LogP contribution in [0.1, 0.15) is 6.42 Å². The van der Waals surface area contributed by atoms with Gasteiger partial charge in [0.25, 0.3) is 11.7 Å². The largest absolute Gasteiger partial charge is 0.274 e. The Bertz CT molecular complexity index is 216. The second-order valence-corrected chi connectivity index (χ2v) is 5.67. The number of nitrogens with zero attached hydrogens (tertiary/aromatic N) is 1. The van der Waals surface area contributed by atoms with Crippen molar-refractivity contribution in [1.82, 2.24) is 3.11 Å². The van der Waals surface area contributed by atoms with Crippen molar-refractivity contribution in [3.05, 3.63) is 0 Å². The Hall–Kier alpha value is 0.635. The van der Waals surface area contributed by atoms with Crippen LogP contribution in [0, 0.1) is 0 Å². The van der Waals surface area contributed by atoms with Gasteiger partial charge in [0.2, 0.25) is 5.91 Å². The molecule has 3 nitrogen and oxygen atoms in total. The summed E-state index contributed by atoms with van der Waals surface area (Å²) in [4.78, 5) is 22.3. The third-order valence-electron chi connectivity index (χ3n) is 1.43. The summed E-state index contributed by atoms with van der Waals surface area (Å²) in [7, 11) is 0. The Labute approximate surface area is 93.9 Å². The molecule has 0 bridgehead atoms. The fourth-order valence-corrected chi connectivity index (χ4v) is 3.29. The fourth-order valence-electron chi connectivity index (χ4n) is 0.856. The van der Waals surface area contributed by atoms with Gasteiger partial charge in [0.1, 0.15) is 0 Å². The van der Waals surface area contributed by atoms with Gasteiger partial charge < -0.3 is 0 Å². The van der Waals surface area contributed by atoms with Gasteiger partial charge in [-0.2, -0.15) is 11.6 Å². The number of hydrogen-bond acceptors (Lipinski definition) is 4. The summed E-state index contributed by atoms with van der Waals surface area (Å²) in [6.45, 7) is 0. The summed E-state index contributed by atoms with van der Waals surface area (Å²) in [5.41, 5.74) is 0. The van der Waals surface area contributed by atoms with Gasteiger partial charge in [-0.25, -0.2) is 14.7 Å². The van der Waals surface area contributed by atoms with Gasteiger partial charge in [-0.15, -0.1) is 0 Å². The van der Waals surface area contributed by atoms with Crippen LogP contribution in [0.4, 0.5) is 0 Å². The average molecular weight is 315 g/mol. The highest BCUT2D eigenvalue weighted by Crippen LogP contribution is 2.27. The number of carbonyl (C=O) groups excluding carboxylic acids is 2. The van der Waals surface area contributed by atoms with Gasteiger partial charge >= 0.3 is 0 Å². The zero-order chi connectivity index (χ0) is 9.14. The van der Waals surface area contributed by atoms with E-state index in [9.17, 15) is 9.59 Å². The molecule has 0 aromatic rings. The standard InChI is InChI=1S/C5H7BINO2S2/c1-11-6-12-3-2-4(9)8(7)5(3)10/h3,6H,2H2,1H3. The maximum Gasteiger partial charge on any atom is 0.256 e. The van der Waals surface area contributed by atoms with Crippen molar-refractivity contribution in [2.24, 2.45) is 0 Å². The van der Waals surface area contributed by atoms with Crippen molar-refractivity contribution in [2.75, 3.05) is 6.26 Å². The second-order valence-electron chi connectivity index (χ2n) is 2.28. The summed E-state index contributed by atoms with van der Waals surface area (Å²) < 4.78 is 1.19. The predicted octanol–water partition coefficient (Wildman–Crippen LogP) is 0.827. The van der Waals surface area contributed by atoms with Crippen LogP contribution in [-0.4, -0.2) is 32.3 Å². The first-order chi connectivity index (χ1) is 5.66. The van der Waals surface area contributed by atoms with E-state index in [1.165, 1.54) is 3.11 Å². The van der Waals surface area contributed by atoms with Crippen LogP contribution in [0.15, 0.2) is 0 Å². The molecule has 0 spiro atoms. The van der Waals surface area contributed by atoms with Crippen molar-refractivity contribution in [1.29, 1.82) is 0 Å². The lowest BCUT2D eigenvalue weighted by atomic mass is 10.3. The molecule has 1 unspecified atom stereocenters. The Morgan fingerprint density at radius 3 is 2.75 bits per heavy atom. The van der Waals surface area contributed by atoms with Crippen molar-refractivity contribution < 1.29 is 9.59 Å². The van der Waals surface area contributed by atoms with E-state index >= 15 is 0 Å². The molecule has 0 radical (unpaired) electrons. The molecule has 0 aromatic carbocycles. The molecule has 0 aromatic heterocycles. The van der Waals surface area contributed by atoms with Crippen molar-refractivity contribution in [3.63, 3.8) is 0 Å². The minimum absolute atomic E-state index is 0.0559. The van der Waals surface area contributed by atoms with Gasteiger partial charge in [-0.3, -0.25) is 9.59 Å². The fraction of sp³-hybridized carbons (Fsp3) is 0.600. The van der Waals surface area contributed by atoms with Crippen LogP contribution < -0.4 is 0 Å². The molecule has 1 aliphatic heterocycles. The average Bonchev–Trinajstić information content (AvgIpc) is 2.30. The molecule has 1 fully saturated rings. The van der Waals surface area contributed by atoms with Crippen LogP contribution in [0.25, 0.3) is 0 Å². The minimum Gasteiger partial charge on any atom is -0.274 e. The molecule has 66 valence electrons. The predicted molar refractivity (Wildman–Crippen MR) is 62.5 cm³/mol. The van der Waals surface area contributed by atoms with E-state index in [1.54, 1.807) is 46.1 Å². The molecule has 1 atom stereocenters. The zero-order valence-electron chi connectivity index (χ0n) is 6.45. The van der Waals surface area contributed by atoms with Crippen molar-refractivity contribution >= 4 is 63.7 Å². The van der Waals surface area contributed by atoms with Gasteiger partial charge in [0.05, 0.1) is 28.1 Å². The highest BCUT2D eigenvalue weighted by atomic mass is 127. The number of hydrogen-bond donors (Lipinski definition) is 0. The summed E-state index contributed by atoms with van der Waals surface area (Å²) in [6.07, 6.45) is 2.35. The molecule has 7 heteroatoms. The van der Waals surface area contributed by atoms with E-state index in [1.807, 2.05) is 6.26 Å². The van der Waals surface area contributed by atoms with Crippen LogP contribution in [0.5, 0.6) is 0 Å². The van der Waals surface area contributed by atoms with E-state index in [-0.39, 0.29) is 17.1 Å². The van der Waals surface area contributed by atoms with Gasteiger partial charge in [0, 0.05) is 6.42 Å². The number of rotatable bonds is 3. The lowest BCUT2D eigenvalue weighted by Gasteiger charge is -2.04. The number of imide groups is 1. The Morgan fingerprint density at radius 2 is 2.33 bits per heavy atom. The van der Waals surface area contributed by atoms with Crippen LogP contribution in [-0.2, 0) is 9.59 Å². The quantitative estimate of drug-likeness (QED) is 0.335. The highest BCUT2D eigenvalue weighted by Gasteiger charge is 2.37. The summed E-state index contributed by atoms with van der Waals surface area (Å²) in [5, 5.41) is -0.137. The van der Waals surface area contributed by atoms with Gasteiger partial charge in [-0.05, 0) is 6.26 Å². The molecule has 0 saturated carbocycles. The van der Waals surface area contributed by atoms with E-state index in [4.69, 9.17) is 0 Å². The topological polar surface area (TPSA) is 37.4 Å². The summed E-state index contributed by atoms with van der Waals surface area (Å²) in [6, 6.07) is 0. The zero-order valence-corrected chi connectivity index (χ0v) is 10.2. The first kappa shape index (κ1) is 10.7. The smallest absolute Gasteiger partial charge is 0.256 e. The lowest BCUT2D eigenvalue weighted by Crippen LogP contribution is -2.21. The van der Waals surface area contributed by atoms with E-state index in [0.29, 0.717) is 6.42 Å². The molecular weight excluding hydrogens is 308 g/mol. The second kappa shape index (κ2) is 4.76. The van der Waals surface area contributed by atoms with Gasteiger partial charge in [0.15, 0.2) is 0 Å². The van der Waals surface area contributed by atoms with Crippen LogP contribution in [0.2, 0.25) is 0 Å². The number of halogens is 1. The van der Waals surface area contributed by atoms with Crippen molar-refractivity contribution in [3.8, 4) is 0 Å². The molecule has 12 heavy (non-hydrogen) atoms. The third kappa shape index (κ3) is 2.32. The molecule has 1 aliphatic rings. The molecule has 0 N–H and O–H groups in total. The van der Waals surface area contributed by atoms with E-state index < -0.39 is 0 Å². The third-order valence-corrected chi connectivity index (χ3v) is 4.71. The first-order valence-corrected chi connectivity index (χ1v) is 6.70. The number of amides is 2. The molecule has 0 aliphatic carbocycles. The molecule has 1 saturated heterocycles. The summed E-state index contributed by atoms with van der Waals surface area (Å²) >= 11 is 4.98. The summed E-state index contributed by atoms with van der Waals surface area (Å²) in [5.74, 6) is 0.743. The van der Waals surface area contributed by atoms with Crippen molar-refractivity contribution in [2.45, 2.75) is 11.7 Å². The maximum atomic E-state index is 11.3. The Kier molecular flexibility index (Phi) is 4.25. The minimum atomic E-state index is -0.137. The monoisotopic (exact) mass is 315 g/mol. The molecule has 2 amide bonds. The Balaban J connectivity index is 2.47. The van der Waals surface area contributed by atoms with Crippen LogP contribution >= 0.6 is 46.1 Å². The molecule has 1 rings (SSSR count). The SMILES string of the molecule is CSBSC1CC(=O)N(I)C1=O.